The van der Waals surface area contributed by atoms with Gasteiger partial charge in [-0.05, 0) is 0 Å². The van der Waals surface area contributed by atoms with Crippen LogP contribution in [0.1, 0.15) is 40.5 Å². The Hall–Kier alpha value is -2.31. The van der Waals surface area contributed by atoms with Gasteiger partial charge in [-0.1, -0.05) is 6.92 Å². The van der Waals surface area contributed by atoms with E-state index >= 15 is 0 Å². The van der Waals surface area contributed by atoms with Crippen LogP contribution in [0.4, 0.5) is 0 Å². The number of aromatic carboxylic acids is 1. The lowest BCUT2D eigenvalue weighted by molar-refractivity contribution is -0.130. The monoisotopic (exact) mass is 294 g/mol. The van der Waals surface area contributed by atoms with Crippen molar-refractivity contribution in [3.8, 4) is 0 Å². The minimum absolute atomic E-state index is 0.0125. The maximum absolute atomic E-state index is 12.3. The molecule has 0 unspecified atom stereocenters. The van der Waals surface area contributed by atoms with Gasteiger partial charge in [-0.2, -0.15) is 0 Å². The van der Waals surface area contributed by atoms with E-state index in [1.807, 2.05) is 0 Å². The third kappa shape index (κ3) is 3.07. The molecule has 1 saturated heterocycles. The van der Waals surface area contributed by atoms with Crippen LogP contribution in [-0.2, 0) is 11.2 Å². The van der Waals surface area contributed by atoms with Crippen molar-refractivity contribution in [1.82, 2.24) is 9.80 Å². The third-order valence-electron chi connectivity index (χ3n) is 3.58. The Bertz CT molecular complexity index is 570. The lowest BCUT2D eigenvalue weighted by Crippen LogP contribution is -2.50. The van der Waals surface area contributed by atoms with Crippen LogP contribution in [0, 0.1) is 0 Å². The molecule has 0 aromatic carbocycles. The number of piperazine rings is 1. The fraction of sp³-hybridized carbons (Fsp3) is 0.500. The molecule has 2 heterocycles. The highest BCUT2D eigenvalue weighted by Crippen LogP contribution is 2.19. The molecule has 21 heavy (non-hydrogen) atoms. The van der Waals surface area contributed by atoms with Crippen molar-refractivity contribution in [2.24, 2.45) is 0 Å². The summed E-state index contributed by atoms with van der Waals surface area (Å²) in [6.07, 6.45) is 0.410. The van der Waals surface area contributed by atoms with Crippen LogP contribution in [0.5, 0.6) is 0 Å². The SMILES string of the molecule is CCc1oc(C(=O)N2CCN(C(C)=O)CC2)cc1C(=O)O. The normalized spacial score (nSPS) is 15.1. The van der Waals surface area contributed by atoms with E-state index < -0.39 is 5.97 Å². The maximum Gasteiger partial charge on any atom is 0.339 e. The van der Waals surface area contributed by atoms with Crippen LogP contribution >= 0.6 is 0 Å². The number of aryl methyl sites for hydroxylation is 1. The lowest BCUT2D eigenvalue weighted by Gasteiger charge is -2.33. The summed E-state index contributed by atoms with van der Waals surface area (Å²) >= 11 is 0. The zero-order valence-corrected chi connectivity index (χ0v) is 12.1. The predicted molar refractivity (Wildman–Crippen MR) is 73.2 cm³/mol. The molecule has 1 aromatic heterocycles. The topological polar surface area (TPSA) is 91.1 Å². The maximum atomic E-state index is 12.3. The van der Waals surface area contributed by atoms with E-state index in [4.69, 9.17) is 9.52 Å². The molecule has 0 aliphatic carbocycles. The molecular formula is C14H18N2O5. The van der Waals surface area contributed by atoms with E-state index in [1.54, 1.807) is 16.7 Å². The quantitative estimate of drug-likeness (QED) is 0.892. The minimum Gasteiger partial charge on any atom is -0.478 e. The molecule has 0 atom stereocenters. The van der Waals surface area contributed by atoms with Gasteiger partial charge in [-0.15, -0.1) is 0 Å². The van der Waals surface area contributed by atoms with Crippen LogP contribution in [0.2, 0.25) is 0 Å². The number of amides is 2. The first kappa shape index (κ1) is 15.1. The summed E-state index contributed by atoms with van der Waals surface area (Å²) in [5.41, 5.74) is 0.0308. The first-order valence-corrected chi connectivity index (χ1v) is 6.84. The van der Waals surface area contributed by atoms with E-state index in [0.29, 0.717) is 38.4 Å². The molecule has 114 valence electrons. The summed E-state index contributed by atoms with van der Waals surface area (Å²) in [4.78, 5) is 37.9. The minimum atomic E-state index is -1.10. The Kier molecular flexibility index (Phi) is 4.30. The predicted octanol–water partition coefficient (Wildman–Crippen LogP) is 0.845. The van der Waals surface area contributed by atoms with E-state index in [1.165, 1.54) is 13.0 Å². The van der Waals surface area contributed by atoms with Gasteiger partial charge in [-0.3, -0.25) is 9.59 Å². The van der Waals surface area contributed by atoms with Gasteiger partial charge in [0.1, 0.15) is 11.3 Å². The second-order valence-electron chi connectivity index (χ2n) is 4.90. The molecule has 0 radical (unpaired) electrons. The van der Waals surface area contributed by atoms with Gasteiger partial charge in [0.05, 0.1) is 0 Å². The fourth-order valence-corrected chi connectivity index (χ4v) is 2.36. The summed E-state index contributed by atoms with van der Waals surface area (Å²) in [6, 6.07) is 1.28. The second-order valence-corrected chi connectivity index (χ2v) is 4.90. The van der Waals surface area contributed by atoms with Crippen molar-refractivity contribution in [3.63, 3.8) is 0 Å². The summed E-state index contributed by atoms with van der Waals surface area (Å²) in [6.45, 7) is 5.07. The van der Waals surface area contributed by atoms with Crippen molar-refractivity contribution in [3.05, 3.63) is 23.2 Å². The zero-order valence-electron chi connectivity index (χ0n) is 12.1. The van der Waals surface area contributed by atoms with Crippen molar-refractivity contribution in [2.45, 2.75) is 20.3 Å². The number of carboxylic acids is 1. The molecule has 2 rings (SSSR count). The van der Waals surface area contributed by atoms with Gasteiger partial charge in [-0.25, -0.2) is 4.79 Å². The highest BCUT2D eigenvalue weighted by atomic mass is 16.4. The van der Waals surface area contributed by atoms with Gasteiger partial charge in [0, 0.05) is 45.6 Å². The van der Waals surface area contributed by atoms with Crippen LogP contribution in [-0.4, -0.2) is 58.9 Å². The summed E-state index contributed by atoms with van der Waals surface area (Å²) in [5, 5.41) is 9.07. The molecule has 0 saturated carbocycles. The zero-order chi connectivity index (χ0) is 15.6. The van der Waals surface area contributed by atoms with Gasteiger partial charge in [0.15, 0.2) is 5.76 Å². The number of furan rings is 1. The smallest absolute Gasteiger partial charge is 0.339 e. The molecular weight excluding hydrogens is 276 g/mol. The number of carboxylic acid groups (broad SMARTS) is 1. The number of carbonyl (C=O) groups is 3. The molecule has 1 fully saturated rings. The van der Waals surface area contributed by atoms with E-state index in [2.05, 4.69) is 0 Å². The number of rotatable bonds is 3. The van der Waals surface area contributed by atoms with Crippen molar-refractivity contribution in [1.29, 1.82) is 0 Å². The number of carbonyl (C=O) groups excluding carboxylic acids is 2. The van der Waals surface area contributed by atoms with Gasteiger partial charge >= 0.3 is 5.97 Å². The average molecular weight is 294 g/mol. The second kappa shape index (κ2) is 5.99. The van der Waals surface area contributed by atoms with Crippen molar-refractivity contribution >= 4 is 17.8 Å². The Morgan fingerprint density at radius 3 is 2.19 bits per heavy atom. The molecule has 0 spiro atoms. The first-order valence-electron chi connectivity index (χ1n) is 6.84. The fourth-order valence-electron chi connectivity index (χ4n) is 2.36. The number of nitrogens with zero attached hydrogens (tertiary/aromatic N) is 2. The molecule has 1 aliphatic heterocycles. The van der Waals surface area contributed by atoms with Crippen LogP contribution < -0.4 is 0 Å². The highest BCUT2D eigenvalue weighted by Gasteiger charge is 2.27. The third-order valence-corrected chi connectivity index (χ3v) is 3.58. The summed E-state index contributed by atoms with van der Waals surface area (Å²) in [5.74, 6) is -1.10. The Morgan fingerprint density at radius 1 is 1.19 bits per heavy atom. The molecule has 1 aliphatic rings. The highest BCUT2D eigenvalue weighted by molar-refractivity contribution is 5.96. The largest absolute Gasteiger partial charge is 0.478 e. The Balaban J connectivity index is 2.11. The molecule has 0 bridgehead atoms. The first-order chi connectivity index (χ1) is 9.93. The summed E-state index contributed by atoms with van der Waals surface area (Å²) in [7, 11) is 0. The summed E-state index contributed by atoms with van der Waals surface area (Å²) < 4.78 is 5.36. The number of hydrogen-bond acceptors (Lipinski definition) is 4. The van der Waals surface area contributed by atoms with Crippen LogP contribution in [0.3, 0.4) is 0 Å². The van der Waals surface area contributed by atoms with E-state index in [-0.39, 0.29) is 23.1 Å². The molecule has 2 amide bonds. The van der Waals surface area contributed by atoms with E-state index in [9.17, 15) is 14.4 Å². The standard InChI is InChI=1S/C14H18N2O5/c1-3-11-10(14(19)20)8-12(21-11)13(18)16-6-4-15(5-7-16)9(2)17/h8H,3-7H2,1-2H3,(H,19,20). The molecule has 1 aromatic rings. The van der Waals surface area contributed by atoms with Crippen LogP contribution in [0.25, 0.3) is 0 Å². The van der Waals surface area contributed by atoms with Crippen LogP contribution in [0.15, 0.2) is 10.5 Å². The molecule has 7 nitrogen and oxygen atoms in total. The van der Waals surface area contributed by atoms with Crippen molar-refractivity contribution in [2.75, 3.05) is 26.2 Å². The van der Waals surface area contributed by atoms with Gasteiger partial charge < -0.3 is 19.3 Å². The Labute approximate surface area is 122 Å². The molecule has 1 N–H and O–H groups in total. The molecule has 7 heteroatoms. The van der Waals surface area contributed by atoms with Gasteiger partial charge in [0.2, 0.25) is 5.91 Å². The lowest BCUT2D eigenvalue weighted by atomic mass is 10.2. The number of hydrogen-bond donors (Lipinski definition) is 1. The Morgan fingerprint density at radius 2 is 1.76 bits per heavy atom. The van der Waals surface area contributed by atoms with Crippen molar-refractivity contribution < 1.29 is 23.9 Å². The average Bonchev–Trinajstić information content (AvgIpc) is 2.91. The van der Waals surface area contributed by atoms with Gasteiger partial charge in [0.25, 0.3) is 5.91 Å². The van der Waals surface area contributed by atoms with E-state index in [0.717, 1.165) is 0 Å².